The molecular weight excluding hydrogens is 189 g/mol. The highest BCUT2D eigenvalue weighted by Crippen LogP contribution is 2.52. The van der Waals surface area contributed by atoms with Crippen LogP contribution in [0.15, 0.2) is 11.1 Å². The molecule has 1 aliphatic rings. The average Bonchev–Trinajstić information content (AvgIpc) is 2.36. The molecule has 4 heteroatoms. The van der Waals surface area contributed by atoms with Crippen molar-refractivity contribution < 1.29 is 13.2 Å². The maximum absolute atomic E-state index is 11.9. The first-order valence-electron chi connectivity index (χ1n) is 3.54. The van der Waals surface area contributed by atoms with Crippen LogP contribution >= 0.6 is 11.6 Å². The summed E-state index contributed by atoms with van der Waals surface area (Å²) in [4.78, 5) is 0. The largest absolute Gasteiger partial charge is 0.426 e. The van der Waals surface area contributed by atoms with Gasteiger partial charge in [0.05, 0.1) is 0 Å². The summed E-state index contributed by atoms with van der Waals surface area (Å²) in [6, 6.07) is 0. The van der Waals surface area contributed by atoms with E-state index in [0.717, 1.165) is 6.08 Å². The highest BCUT2D eigenvalue weighted by Gasteiger charge is 2.46. The van der Waals surface area contributed by atoms with Crippen molar-refractivity contribution >= 4 is 11.6 Å². The molecule has 1 radical (unpaired) electrons. The topological polar surface area (TPSA) is 0 Å². The number of hydrogen-bond donors (Lipinski definition) is 0. The molecule has 0 heterocycles. The van der Waals surface area contributed by atoms with Crippen molar-refractivity contribution in [1.29, 1.82) is 0 Å². The zero-order chi connectivity index (χ0) is 9.57. The Hall–Kier alpha value is -0.180. The molecule has 1 saturated carbocycles. The van der Waals surface area contributed by atoms with Crippen molar-refractivity contribution in [2.24, 2.45) is 11.3 Å². The summed E-state index contributed by atoms with van der Waals surface area (Å²) < 4.78 is 35.6. The lowest BCUT2D eigenvalue weighted by atomic mass is 10.1. The molecule has 0 bridgehead atoms. The van der Waals surface area contributed by atoms with Gasteiger partial charge in [-0.05, 0) is 17.8 Å². The van der Waals surface area contributed by atoms with Gasteiger partial charge in [-0.15, -0.1) is 0 Å². The van der Waals surface area contributed by atoms with E-state index in [0.29, 0.717) is 0 Å². The fourth-order valence-corrected chi connectivity index (χ4v) is 1.07. The van der Waals surface area contributed by atoms with Gasteiger partial charge in [-0.3, -0.25) is 0 Å². The minimum absolute atomic E-state index is 0.120. The third kappa shape index (κ3) is 2.16. The van der Waals surface area contributed by atoms with Crippen LogP contribution < -0.4 is 0 Å². The fraction of sp³-hybridized carbons (Fsp3) is 0.625. The Kier molecular flexibility index (Phi) is 2.19. The van der Waals surface area contributed by atoms with Gasteiger partial charge in [-0.25, -0.2) is 0 Å². The molecule has 0 nitrogen and oxygen atoms in total. The van der Waals surface area contributed by atoms with E-state index >= 15 is 0 Å². The molecule has 1 aliphatic carbocycles. The highest BCUT2D eigenvalue weighted by atomic mass is 35.5. The molecule has 69 valence electrons. The lowest BCUT2D eigenvalue weighted by molar-refractivity contribution is -0.0848. The summed E-state index contributed by atoms with van der Waals surface area (Å²) in [5.74, 6) is -0.133. The quantitative estimate of drug-likeness (QED) is 0.603. The van der Waals surface area contributed by atoms with Crippen LogP contribution in [0.2, 0.25) is 0 Å². The molecule has 0 N–H and O–H groups in total. The van der Waals surface area contributed by atoms with Crippen LogP contribution in [-0.2, 0) is 0 Å². The molecule has 0 saturated heterocycles. The van der Waals surface area contributed by atoms with Gasteiger partial charge >= 0.3 is 6.18 Å². The third-order valence-corrected chi connectivity index (χ3v) is 2.30. The van der Waals surface area contributed by atoms with Crippen molar-refractivity contribution in [3.8, 4) is 0 Å². The van der Waals surface area contributed by atoms with E-state index < -0.39 is 11.2 Å². The zero-order valence-corrected chi connectivity index (χ0v) is 7.50. The number of alkyl halides is 3. The Morgan fingerprint density at radius 2 is 1.92 bits per heavy atom. The maximum Gasteiger partial charge on any atom is 0.426 e. The van der Waals surface area contributed by atoms with E-state index in [1.54, 1.807) is 0 Å². The SMILES string of the molecule is CC1(C)[CH]C1C=C(Cl)C(F)(F)F. The summed E-state index contributed by atoms with van der Waals surface area (Å²) in [5, 5.41) is -1.02. The predicted molar refractivity (Wildman–Crippen MR) is 41.6 cm³/mol. The maximum atomic E-state index is 11.9. The van der Waals surface area contributed by atoms with Crippen molar-refractivity contribution in [2.75, 3.05) is 0 Å². The number of hydrogen-bond acceptors (Lipinski definition) is 0. The van der Waals surface area contributed by atoms with Crippen LogP contribution in [0.3, 0.4) is 0 Å². The molecule has 1 atom stereocenters. The van der Waals surface area contributed by atoms with Gasteiger partial charge in [0.15, 0.2) is 0 Å². The minimum Gasteiger partial charge on any atom is -0.165 e. The van der Waals surface area contributed by atoms with Crippen molar-refractivity contribution in [3.63, 3.8) is 0 Å². The Balaban J connectivity index is 2.60. The highest BCUT2D eigenvalue weighted by molar-refractivity contribution is 6.30. The third-order valence-electron chi connectivity index (χ3n) is 1.96. The van der Waals surface area contributed by atoms with Crippen molar-refractivity contribution in [1.82, 2.24) is 0 Å². The molecule has 0 aromatic carbocycles. The first-order chi connectivity index (χ1) is 5.23. The molecule has 0 aromatic heterocycles. The van der Waals surface area contributed by atoms with Gasteiger partial charge in [-0.2, -0.15) is 13.2 Å². The van der Waals surface area contributed by atoms with Crippen LogP contribution in [0.25, 0.3) is 0 Å². The van der Waals surface area contributed by atoms with Gasteiger partial charge in [-0.1, -0.05) is 31.5 Å². The summed E-state index contributed by atoms with van der Waals surface area (Å²) in [6.45, 7) is 3.74. The Bertz CT molecular complexity index is 215. The summed E-state index contributed by atoms with van der Waals surface area (Å²) in [7, 11) is 0. The Morgan fingerprint density at radius 1 is 1.50 bits per heavy atom. The Labute approximate surface area is 74.4 Å². The molecule has 12 heavy (non-hydrogen) atoms. The average molecular weight is 198 g/mol. The molecular formula is C8H9ClF3. The smallest absolute Gasteiger partial charge is 0.165 e. The van der Waals surface area contributed by atoms with Gasteiger partial charge in [0.1, 0.15) is 5.03 Å². The molecule has 1 fully saturated rings. The minimum atomic E-state index is -4.39. The number of halogens is 4. The van der Waals surface area contributed by atoms with E-state index in [4.69, 9.17) is 11.6 Å². The van der Waals surface area contributed by atoms with Crippen LogP contribution in [0, 0.1) is 17.8 Å². The van der Waals surface area contributed by atoms with Crippen molar-refractivity contribution in [2.45, 2.75) is 20.0 Å². The van der Waals surface area contributed by atoms with Gasteiger partial charge in [0.25, 0.3) is 0 Å². The summed E-state index contributed by atoms with van der Waals surface area (Å²) in [5.41, 5.74) is -0.120. The predicted octanol–water partition coefficient (Wildman–Crippen LogP) is 3.53. The van der Waals surface area contributed by atoms with Gasteiger partial charge in [0.2, 0.25) is 0 Å². The van der Waals surface area contributed by atoms with Gasteiger partial charge < -0.3 is 0 Å². The molecule has 0 spiro atoms. The monoisotopic (exact) mass is 197 g/mol. The Morgan fingerprint density at radius 3 is 2.17 bits per heavy atom. The van der Waals surface area contributed by atoms with E-state index in [1.165, 1.54) is 0 Å². The number of rotatable bonds is 1. The standard InChI is InChI=1S/C8H9ClF3/c1-7(2)4-5(7)3-6(9)8(10,11)12/h3-5H,1-2H3. The normalized spacial score (nSPS) is 28.8. The second-order valence-electron chi connectivity index (χ2n) is 3.53. The summed E-state index contributed by atoms with van der Waals surface area (Å²) >= 11 is 5.04. The van der Waals surface area contributed by atoms with Crippen LogP contribution in [0.5, 0.6) is 0 Å². The zero-order valence-electron chi connectivity index (χ0n) is 6.74. The van der Waals surface area contributed by atoms with Crippen molar-refractivity contribution in [3.05, 3.63) is 17.5 Å². The van der Waals surface area contributed by atoms with E-state index in [-0.39, 0.29) is 11.3 Å². The lowest BCUT2D eigenvalue weighted by Gasteiger charge is -2.04. The second-order valence-corrected chi connectivity index (χ2v) is 3.93. The summed E-state index contributed by atoms with van der Waals surface area (Å²) in [6.07, 6.45) is -1.52. The van der Waals surface area contributed by atoms with Crippen LogP contribution in [-0.4, -0.2) is 6.18 Å². The van der Waals surface area contributed by atoms with E-state index in [9.17, 15) is 13.2 Å². The lowest BCUT2D eigenvalue weighted by Crippen LogP contribution is -2.07. The van der Waals surface area contributed by atoms with Crippen LogP contribution in [0.1, 0.15) is 13.8 Å². The second kappa shape index (κ2) is 2.66. The first-order valence-corrected chi connectivity index (χ1v) is 3.92. The fourth-order valence-electron chi connectivity index (χ4n) is 0.930. The molecule has 1 unspecified atom stereocenters. The molecule has 0 aromatic rings. The van der Waals surface area contributed by atoms with Crippen LogP contribution in [0.4, 0.5) is 13.2 Å². The molecule has 0 aliphatic heterocycles. The molecule has 1 rings (SSSR count). The van der Waals surface area contributed by atoms with E-state index in [2.05, 4.69) is 0 Å². The van der Waals surface area contributed by atoms with Gasteiger partial charge in [0, 0.05) is 0 Å². The van der Waals surface area contributed by atoms with E-state index in [1.807, 2.05) is 20.3 Å². The molecule has 0 amide bonds. The first kappa shape index (κ1) is 9.90. The number of allylic oxidation sites excluding steroid dienone is 2.